The van der Waals surface area contributed by atoms with Crippen LogP contribution in [0.4, 0.5) is 0 Å². The summed E-state index contributed by atoms with van der Waals surface area (Å²) in [6, 6.07) is 16.3. The minimum atomic E-state index is 0.152. The van der Waals surface area contributed by atoms with Crippen LogP contribution in [0.1, 0.15) is 230 Å². The van der Waals surface area contributed by atoms with Gasteiger partial charge in [0.25, 0.3) is 0 Å². The molecule has 0 aromatic heterocycles. The molecule has 0 unspecified atom stereocenters. The van der Waals surface area contributed by atoms with Gasteiger partial charge in [-0.05, 0) is 55.7 Å². The highest BCUT2D eigenvalue weighted by Gasteiger charge is 2.08. The molecule has 10 nitrogen and oxygen atoms in total. The molecule has 73 heavy (non-hydrogen) atoms. The maximum atomic E-state index is 10.8. The molecule has 0 radical (unpaired) electrons. The van der Waals surface area contributed by atoms with Crippen LogP contribution in [0.2, 0.25) is 0 Å². The van der Waals surface area contributed by atoms with E-state index in [0.717, 1.165) is 19.3 Å². The third kappa shape index (κ3) is 32.4. The van der Waals surface area contributed by atoms with Crippen molar-refractivity contribution in [2.75, 3.05) is 59.1 Å². The average Bonchev–Trinajstić information content (AvgIpc) is 3.39. The summed E-state index contributed by atoms with van der Waals surface area (Å²) < 4.78 is 17.9. The largest absolute Gasteiger partial charge is 0.507 e. The topological polar surface area (TPSA) is 129 Å². The summed E-state index contributed by atoms with van der Waals surface area (Å²) >= 11 is 0. The Hall–Kier alpha value is -4.57. The predicted octanol–water partition coefficient (Wildman–Crippen LogP) is 16.7. The van der Waals surface area contributed by atoms with Crippen LogP contribution in [-0.4, -0.2) is 98.0 Å². The molecule has 0 saturated carbocycles. The van der Waals surface area contributed by atoms with Crippen LogP contribution < -0.4 is 14.2 Å². The Kier molecular flexibility index (Phi) is 37.6. The Morgan fingerprint density at radius 2 is 0.575 bits per heavy atom. The van der Waals surface area contributed by atoms with Crippen molar-refractivity contribution < 1.29 is 29.5 Å². The molecular weight excluding hydrogens is 909 g/mol. The van der Waals surface area contributed by atoms with E-state index in [0.29, 0.717) is 93.0 Å². The third-order valence-corrected chi connectivity index (χ3v) is 13.6. The maximum absolute atomic E-state index is 10.8. The minimum Gasteiger partial charge on any atom is -0.507 e. The lowest BCUT2D eigenvalue weighted by atomic mass is 10.1. The fourth-order valence-electron chi connectivity index (χ4n) is 8.93. The summed E-state index contributed by atoms with van der Waals surface area (Å²) in [6.07, 6.45) is 43.6. The second-order valence-corrected chi connectivity index (χ2v) is 20.2. The molecule has 0 fully saturated rings. The van der Waals surface area contributed by atoms with Crippen LogP contribution in [0.3, 0.4) is 0 Å². The lowest BCUT2D eigenvalue weighted by Gasteiger charge is -2.19. The summed E-state index contributed by atoms with van der Waals surface area (Å²) in [5.74, 6) is 2.47. The molecule has 3 aromatic carbocycles. The molecule has 0 atom stereocenters. The number of aliphatic imine (C=N–C) groups is 3. The molecule has 0 saturated heterocycles. The van der Waals surface area contributed by atoms with Crippen molar-refractivity contribution in [1.29, 1.82) is 0 Å². The highest BCUT2D eigenvalue weighted by molar-refractivity contribution is 5.84. The highest BCUT2D eigenvalue weighted by atomic mass is 16.5. The number of nitrogens with zero attached hydrogens (tertiary/aromatic N) is 4. The molecule has 0 heterocycles. The zero-order valence-electron chi connectivity index (χ0n) is 46.4. The Morgan fingerprint density at radius 3 is 0.808 bits per heavy atom. The van der Waals surface area contributed by atoms with Crippen LogP contribution in [0.5, 0.6) is 34.5 Å². The Labute approximate surface area is 444 Å². The number of rotatable bonds is 48. The van der Waals surface area contributed by atoms with E-state index in [1.807, 2.05) is 36.4 Å². The summed E-state index contributed by atoms with van der Waals surface area (Å²) in [5.41, 5.74) is 1.95. The molecule has 0 spiro atoms. The maximum Gasteiger partial charge on any atom is 0.128 e. The molecule has 0 aliphatic heterocycles. The number of unbranched alkanes of at least 4 members (excludes halogenated alkanes) is 27. The first kappa shape index (κ1) is 62.7. The first-order valence-electron chi connectivity index (χ1n) is 29.5. The quantitative estimate of drug-likeness (QED) is 0.0379. The van der Waals surface area contributed by atoms with Gasteiger partial charge in [0.1, 0.15) is 34.5 Å². The molecule has 3 N–H and O–H groups in total. The predicted molar refractivity (Wildman–Crippen MR) is 310 cm³/mol. The average molecular weight is 1010 g/mol. The first-order chi connectivity index (χ1) is 35.9. The van der Waals surface area contributed by atoms with Gasteiger partial charge in [0.15, 0.2) is 0 Å². The van der Waals surface area contributed by atoms with Crippen molar-refractivity contribution in [3.63, 3.8) is 0 Å². The molecular formula is C63H102N4O6. The summed E-state index contributed by atoms with van der Waals surface area (Å²) in [7, 11) is 0. The van der Waals surface area contributed by atoms with Gasteiger partial charge in [0, 0.05) is 73.2 Å². The third-order valence-electron chi connectivity index (χ3n) is 13.6. The molecule has 3 aromatic rings. The van der Waals surface area contributed by atoms with Crippen molar-refractivity contribution in [3.05, 3.63) is 71.3 Å². The van der Waals surface area contributed by atoms with E-state index in [2.05, 4.69) is 40.6 Å². The molecule has 0 aliphatic carbocycles. The first-order valence-corrected chi connectivity index (χ1v) is 29.5. The van der Waals surface area contributed by atoms with E-state index in [9.17, 15) is 15.3 Å². The number of ether oxygens (including phenoxy) is 3. The van der Waals surface area contributed by atoms with Crippen molar-refractivity contribution in [1.82, 2.24) is 4.90 Å². The van der Waals surface area contributed by atoms with Gasteiger partial charge in [0.2, 0.25) is 0 Å². The lowest BCUT2D eigenvalue weighted by molar-refractivity contribution is 0.298. The second kappa shape index (κ2) is 43.8. The Balaban J connectivity index is 1.46. The molecule has 410 valence electrons. The van der Waals surface area contributed by atoms with Gasteiger partial charge in [-0.3, -0.25) is 19.9 Å². The van der Waals surface area contributed by atoms with Gasteiger partial charge in [-0.1, -0.05) is 194 Å². The van der Waals surface area contributed by atoms with E-state index < -0.39 is 0 Å². The van der Waals surface area contributed by atoms with E-state index in [1.54, 1.807) is 36.8 Å². The number of benzene rings is 3. The fraction of sp³-hybridized carbons (Fsp3) is 0.667. The number of hydrogen-bond donors (Lipinski definition) is 3. The van der Waals surface area contributed by atoms with Crippen LogP contribution in [-0.2, 0) is 0 Å². The smallest absolute Gasteiger partial charge is 0.128 e. The van der Waals surface area contributed by atoms with Gasteiger partial charge < -0.3 is 29.5 Å². The van der Waals surface area contributed by atoms with E-state index in [1.165, 1.54) is 173 Å². The van der Waals surface area contributed by atoms with Crippen LogP contribution in [0.25, 0.3) is 0 Å². The molecule has 10 heteroatoms. The van der Waals surface area contributed by atoms with Crippen molar-refractivity contribution in [2.45, 2.75) is 213 Å². The zero-order valence-corrected chi connectivity index (χ0v) is 46.4. The monoisotopic (exact) mass is 1010 g/mol. The van der Waals surface area contributed by atoms with Crippen LogP contribution >= 0.6 is 0 Å². The van der Waals surface area contributed by atoms with Crippen molar-refractivity contribution >= 4 is 18.6 Å². The Morgan fingerprint density at radius 1 is 0.342 bits per heavy atom. The summed E-state index contributed by atoms with van der Waals surface area (Å²) in [6.45, 7) is 12.3. The van der Waals surface area contributed by atoms with Gasteiger partial charge in [-0.25, -0.2) is 0 Å². The van der Waals surface area contributed by atoms with E-state index in [-0.39, 0.29) is 17.2 Å². The van der Waals surface area contributed by atoms with Crippen LogP contribution in [0, 0.1) is 0 Å². The van der Waals surface area contributed by atoms with Crippen molar-refractivity contribution in [3.8, 4) is 34.5 Å². The van der Waals surface area contributed by atoms with Gasteiger partial charge in [-0.15, -0.1) is 0 Å². The lowest BCUT2D eigenvalue weighted by Crippen LogP contribution is -2.31. The normalized spacial score (nSPS) is 11.8. The Bertz CT molecular complexity index is 1670. The number of phenols is 3. The second-order valence-electron chi connectivity index (χ2n) is 20.2. The molecule has 3 rings (SSSR count). The minimum absolute atomic E-state index is 0.152. The fourth-order valence-corrected chi connectivity index (χ4v) is 8.93. The summed E-state index contributed by atoms with van der Waals surface area (Å²) in [5, 5.41) is 32.3. The number of aromatic hydroxyl groups is 3. The molecule has 0 amide bonds. The van der Waals surface area contributed by atoms with Crippen molar-refractivity contribution in [2.24, 2.45) is 15.0 Å². The van der Waals surface area contributed by atoms with Gasteiger partial charge in [0.05, 0.1) is 39.5 Å². The molecule has 0 aliphatic rings. The molecule has 0 bridgehead atoms. The van der Waals surface area contributed by atoms with Gasteiger partial charge >= 0.3 is 0 Å². The van der Waals surface area contributed by atoms with E-state index >= 15 is 0 Å². The zero-order chi connectivity index (χ0) is 52.1. The van der Waals surface area contributed by atoms with E-state index in [4.69, 9.17) is 14.2 Å². The number of hydrogen-bond acceptors (Lipinski definition) is 10. The SMILES string of the molecule is CCCCCCCCCCCCOc1ccc(C=NCCN(CCN=Cc2ccc(OCCCCCCCCCCCC)cc2O)CCN=Cc2ccc(OCCCCCCCCCCCC)cc2O)c(O)c1. The van der Waals surface area contributed by atoms with Gasteiger partial charge in [-0.2, -0.15) is 0 Å². The van der Waals surface area contributed by atoms with Crippen LogP contribution in [0.15, 0.2) is 69.6 Å². The number of phenolic OH excluding ortho intramolecular Hbond substituents is 3. The highest BCUT2D eigenvalue weighted by Crippen LogP contribution is 2.25. The summed E-state index contributed by atoms with van der Waals surface area (Å²) in [4.78, 5) is 16.3. The standard InChI is InChI=1S/C63H102N4O6/c1-4-7-10-13-16-19-22-25-28-31-46-71-58-37-34-55(61(68)49-58)52-64-40-43-67(44-41-65-53-56-35-38-59(50-62(56)69)72-47-32-29-26-23-20-17-14-11-8-5-2)45-42-66-54-57-36-39-60(51-63(57)70)73-48-33-30-27-24-21-18-15-12-9-6-3/h34-39,49-54,68-70H,4-33,40-48H2,1-3H3.